The van der Waals surface area contributed by atoms with Crippen LogP contribution in [0.1, 0.15) is 23.2 Å². The van der Waals surface area contributed by atoms with Gasteiger partial charge in [0.15, 0.2) is 0 Å². The number of hydrogen-bond acceptors (Lipinski definition) is 4. The van der Waals surface area contributed by atoms with Crippen molar-refractivity contribution in [3.05, 3.63) is 22.4 Å². The van der Waals surface area contributed by atoms with E-state index in [0.29, 0.717) is 12.1 Å². The Hall–Kier alpha value is -1.40. The van der Waals surface area contributed by atoms with Gasteiger partial charge in [-0.25, -0.2) is 0 Å². The largest absolute Gasteiger partial charge is 0.363 e. The molecule has 1 fully saturated rings. The van der Waals surface area contributed by atoms with Crippen molar-refractivity contribution in [2.75, 3.05) is 20.6 Å². The molecule has 1 aliphatic heterocycles. The number of likely N-dealkylation sites (N-methyl/N-ethyl adjacent to an activating group) is 1. The van der Waals surface area contributed by atoms with Gasteiger partial charge in [-0.3, -0.25) is 9.59 Å². The highest BCUT2D eigenvalue weighted by Gasteiger charge is 2.31. The SMILES string of the molecule is CN(C)C(=O)[C@H]1CC[C@H](CNC(=O)c2ccsc2)O1. The summed E-state index contributed by atoms with van der Waals surface area (Å²) >= 11 is 1.49. The highest BCUT2D eigenvalue weighted by molar-refractivity contribution is 7.08. The second-order valence-corrected chi connectivity index (χ2v) is 5.56. The molecular formula is C13H18N2O3S. The summed E-state index contributed by atoms with van der Waals surface area (Å²) < 4.78 is 5.65. The molecule has 5 nitrogen and oxygen atoms in total. The zero-order valence-corrected chi connectivity index (χ0v) is 11.9. The molecule has 19 heavy (non-hydrogen) atoms. The average Bonchev–Trinajstić information content (AvgIpc) is 3.06. The lowest BCUT2D eigenvalue weighted by Crippen LogP contribution is -2.36. The first-order valence-electron chi connectivity index (χ1n) is 6.25. The number of hydrogen-bond donors (Lipinski definition) is 1. The number of carbonyl (C=O) groups excluding carboxylic acids is 2. The van der Waals surface area contributed by atoms with Crippen LogP contribution in [0.5, 0.6) is 0 Å². The third-order valence-electron chi connectivity index (χ3n) is 3.10. The molecule has 1 saturated heterocycles. The zero-order valence-electron chi connectivity index (χ0n) is 11.1. The van der Waals surface area contributed by atoms with Crippen LogP contribution < -0.4 is 5.32 Å². The molecular weight excluding hydrogens is 264 g/mol. The normalized spacial score (nSPS) is 22.2. The van der Waals surface area contributed by atoms with E-state index in [-0.39, 0.29) is 24.0 Å². The fourth-order valence-electron chi connectivity index (χ4n) is 2.03. The topological polar surface area (TPSA) is 58.6 Å². The van der Waals surface area contributed by atoms with E-state index < -0.39 is 0 Å². The van der Waals surface area contributed by atoms with Crippen molar-refractivity contribution in [3.63, 3.8) is 0 Å². The van der Waals surface area contributed by atoms with Crippen LogP contribution in [-0.4, -0.2) is 49.6 Å². The molecule has 2 atom stereocenters. The van der Waals surface area contributed by atoms with Crippen molar-refractivity contribution < 1.29 is 14.3 Å². The smallest absolute Gasteiger partial charge is 0.252 e. The summed E-state index contributed by atoms with van der Waals surface area (Å²) in [7, 11) is 3.44. The second kappa shape index (κ2) is 6.16. The number of rotatable bonds is 4. The summed E-state index contributed by atoms with van der Waals surface area (Å²) in [6, 6.07) is 1.79. The van der Waals surface area contributed by atoms with Crippen molar-refractivity contribution in [2.24, 2.45) is 0 Å². The number of ether oxygens (including phenoxy) is 1. The maximum absolute atomic E-state index is 11.8. The molecule has 2 heterocycles. The Kier molecular flexibility index (Phi) is 4.55. The van der Waals surface area contributed by atoms with Crippen LogP contribution in [0.2, 0.25) is 0 Å². The van der Waals surface area contributed by atoms with E-state index in [1.54, 1.807) is 20.2 Å². The van der Waals surface area contributed by atoms with Crippen LogP contribution >= 0.6 is 11.3 Å². The van der Waals surface area contributed by atoms with E-state index in [9.17, 15) is 9.59 Å². The fourth-order valence-corrected chi connectivity index (χ4v) is 2.66. The quantitative estimate of drug-likeness (QED) is 0.900. The van der Waals surface area contributed by atoms with Gasteiger partial charge in [0.25, 0.3) is 11.8 Å². The van der Waals surface area contributed by atoms with Gasteiger partial charge in [-0.2, -0.15) is 11.3 Å². The minimum absolute atomic E-state index is 0.00772. The van der Waals surface area contributed by atoms with Crippen LogP contribution in [0, 0.1) is 0 Å². The highest BCUT2D eigenvalue weighted by Crippen LogP contribution is 2.20. The van der Waals surface area contributed by atoms with Crippen LogP contribution in [0.15, 0.2) is 16.8 Å². The molecule has 0 spiro atoms. The predicted molar refractivity (Wildman–Crippen MR) is 73.2 cm³/mol. The Morgan fingerprint density at radius 3 is 2.89 bits per heavy atom. The van der Waals surface area contributed by atoms with Gasteiger partial charge in [-0.05, 0) is 24.3 Å². The maximum atomic E-state index is 11.8. The van der Waals surface area contributed by atoms with E-state index >= 15 is 0 Å². The number of thiophene rings is 1. The molecule has 1 N–H and O–H groups in total. The van der Waals surface area contributed by atoms with E-state index in [2.05, 4.69) is 5.32 Å². The highest BCUT2D eigenvalue weighted by atomic mass is 32.1. The van der Waals surface area contributed by atoms with Crippen LogP contribution in [-0.2, 0) is 9.53 Å². The number of amides is 2. The number of nitrogens with zero attached hydrogens (tertiary/aromatic N) is 1. The van der Waals surface area contributed by atoms with Gasteiger partial charge in [-0.1, -0.05) is 0 Å². The summed E-state index contributed by atoms with van der Waals surface area (Å²) in [5.74, 6) is -0.0982. The lowest BCUT2D eigenvalue weighted by atomic mass is 10.2. The molecule has 0 saturated carbocycles. The monoisotopic (exact) mass is 282 g/mol. The van der Waals surface area contributed by atoms with Gasteiger partial charge >= 0.3 is 0 Å². The van der Waals surface area contributed by atoms with Crippen molar-refractivity contribution >= 4 is 23.2 Å². The number of carbonyl (C=O) groups is 2. The standard InChI is InChI=1S/C13H18N2O3S/c1-15(2)13(17)11-4-3-10(18-11)7-14-12(16)9-5-6-19-8-9/h5-6,8,10-11H,3-4,7H2,1-2H3,(H,14,16)/t10-,11-/m1/s1. The molecule has 0 bridgehead atoms. The first-order valence-corrected chi connectivity index (χ1v) is 7.19. The van der Waals surface area contributed by atoms with Crippen molar-refractivity contribution in [1.82, 2.24) is 10.2 Å². The van der Waals surface area contributed by atoms with Crippen LogP contribution in [0.4, 0.5) is 0 Å². The fraction of sp³-hybridized carbons (Fsp3) is 0.538. The van der Waals surface area contributed by atoms with Gasteiger partial charge in [-0.15, -0.1) is 0 Å². The lowest BCUT2D eigenvalue weighted by molar-refractivity contribution is -0.140. The lowest BCUT2D eigenvalue weighted by Gasteiger charge is -2.17. The molecule has 0 aromatic carbocycles. The van der Waals surface area contributed by atoms with E-state index in [0.717, 1.165) is 12.8 Å². The van der Waals surface area contributed by atoms with Crippen LogP contribution in [0.3, 0.4) is 0 Å². The second-order valence-electron chi connectivity index (χ2n) is 4.78. The van der Waals surface area contributed by atoms with E-state index in [4.69, 9.17) is 4.74 Å². The van der Waals surface area contributed by atoms with Crippen molar-refractivity contribution in [2.45, 2.75) is 25.0 Å². The Bertz CT molecular complexity index is 445. The first-order chi connectivity index (χ1) is 9.08. The maximum Gasteiger partial charge on any atom is 0.252 e. The van der Waals surface area contributed by atoms with Gasteiger partial charge in [0.1, 0.15) is 6.10 Å². The molecule has 104 valence electrons. The van der Waals surface area contributed by atoms with Gasteiger partial charge in [0.05, 0.1) is 6.10 Å². The third kappa shape index (κ3) is 3.54. The summed E-state index contributed by atoms with van der Waals surface area (Å²) in [6.07, 6.45) is 1.08. The summed E-state index contributed by atoms with van der Waals surface area (Å²) in [4.78, 5) is 25.0. The molecule has 0 radical (unpaired) electrons. The minimum atomic E-state index is -0.363. The molecule has 2 amide bonds. The molecule has 6 heteroatoms. The Labute approximate surface area is 116 Å². The Morgan fingerprint density at radius 2 is 2.26 bits per heavy atom. The summed E-state index contributed by atoms with van der Waals surface area (Å²) in [6.45, 7) is 0.450. The van der Waals surface area contributed by atoms with E-state index in [1.165, 1.54) is 16.2 Å². The molecule has 1 aromatic heterocycles. The molecule has 0 unspecified atom stereocenters. The van der Waals surface area contributed by atoms with Crippen LogP contribution in [0.25, 0.3) is 0 Å². The van der Waals surface area contributed by atoms with Gasteiger partial charge in [0.2, 0.25) is 0 Å². The average molecular weight is 282 g/mol. The van der Waals surface area contributed by atoms with Crippen molar-refractivity contribution in [3.8, 4) is 0 Å². The predicted octanol–water partition coefficient (Wildman–Crippen LogP) is 1.11. The summed E-state index contributed by atoms with van der Waals surface area (Å²) in [5.41, 5.74) is 0.670. The molecule has 0 aliphatic carbocycles. The van der Waals surface area contributed by atoms with E-state index in [1.807, 2.05) is 10.8 Å². The first kappa shape index (κ1) is 14.0. The minimum Gasteiger partial charge on any atom is -0.363 e. The summed E-state index contributed by atoms with van der Waals surface area (Å²) in [5, 5.41) is 6.51. The zero-order chi connectivity index (χ0) is 13.8. The van der Waals surface area contributed by atoms with Gasteiger partial charge in [0, 0.05) is 31.6 Å². The third-order valence-corrected chi connectivity index (χ3v) is 3.78. The Morgan fingerprint density at radius 1 is 1.47 bits per heavy atom. The molecule has 1 aromatic rings. The Balaban J connectivity index is 1.77. The van der Waals surface area contributed by atoms with Crippen molar-refractivity contribution in [1.29, 1.82) is 0 Å². The molecule has 1 aliphatic rings. The molecule has 2 rings (SSSR count). The number of nitrogens with one attached hydrogen (secondary N) is 1. The van der Waals surface area contributed by atoms with Gasteiger partial charge < -0.3 is 15.0 Å².